The molecule has 1 rings (SSSR count). The van der Waals surface area contributed by atoms with Gasteiger partial charge in [0.15, 0.2) is 0 Å². The summed E-state index contributed by atoms with van der Waals surface area (Å²) >= 11 is 1.51. The lowest BCUT2D eigenvalue weighted by Gasteiger charge is -1.69. The zero-order chi connectivity index (χ0) is 5.82. The summed E-state index contributed by atoms with van der Waals surface area (Å²) in [5.74, 6) is 0. The molecule has 0 saturated carbocycles. The van der Waals surface area contributed by atoms with Crippen LogP contribution in [-0.4, -0.2) is 0 Å². The first-order valence-electron chi connectivity index (χ1n) is 2.01. The lowest BCUT2D eigenvalue weighted by atomic mass is 10.6. The quantitative estimate of drug-likeness (QED) is 0.315. The van der Waals surface area contributed by atoms with E-state index in [1.807, 2.05) is 5.38 Å². The van der Waals surface area contributed by atoms with Crippen LogP contribution in [0.4, 0.5) is 5.69 Å². The van der Waals surface area contributed by atoms with E-state index in [1.54, 1.807) is 11.4 Å². The molecule has 0 aliphatic rings. The number of azide groups is 1. The summed E-state index contributed by atoms with van der Waals surface area (Å²) in [7, 11) is 0. The fourth-order valence-corrected chi connectivity index (χ4v) is 0.928. The highest BCUT2D eigenvalue weighted by Crippen LogP contribution is 2.14. The molecule has 0 bridgehead atoms. The molecule has 4 heteroatoms. The highest BCUT2D eigenvalue weighted by molar-refractivity contribution is 7.08. The van der Waals surface area contributed by atoms with E-state index in [-0.39, 0.29) is 0 Å². The Morgan fingerprint density at radius 1 is 1.75 bits per heavy atom. The van der Waals surface area contributed by atoms with Crippen molar-refractivity contribution in [2.75, 3.05) is 0 Å². The number of hydrogen-bond donors (Lipinski definition) is 0. The van der Waals surface area contributed by atoms with E-state index in [0.29, 0.717) is 5.69 Å². The van der Waals surface area contributed by atoms with Crippen molar-refractivity contribution in [3.63, 3.8) is 0 Å². The van der Waals surface area contributed by atoms with Crippen LogP contribution < -0.4 is 0 Å². The molecular formula is C4H3N3S. The summed E-state index contributed by atoms with van der Waals surface area (Å²) in [6, 6.07) is 1.77. The Bertz CT molecular complexity index is 197. The maximum atomic E-state index is 7.90. The summed E-state index contributed by atoms with van der Waals surface area (Å²) in [6.07, 6.45) is 0. The van der Waals surface area contributed by atoms with Gasteiger partial charge in [-0.05, 0) is 17.0 Å². The third kappa shape index (κ3) is 0.992. The van der Waals surface area contributed by atoms with Crippen LogP contribution in [0, 0.1) is 0 Å². The van der Waals surface area contributed by atoms with E-state index in [4.69, 9.17) is 5.53 Å². The number of hydrogen-bond acceptors (Lipinski definition) is 2. The smallest absolute Gasteiger partial charge is 0.0482 e. The lowest BCUT2D eigenvalue weighted by molar-refractivity contribution is 1.53. The Morgan fingerprint density at radius 3 is 3.12 bits per heavy atom. The summed E-state index contributed by atoms with van der Waals surface area (Å²) in [5, 5.41) is 7.01. The molecule has 1 aromatic heterocycles. The largest absolute Gasteiger partial charge is 0.152 e. The van der Waals surface area contributed by atoms with E-state index >= 15 is 0 Å². The third-order valence-corrected chi connectivity index (χ3v) is 1.34. The second-order valence-electron chi connectivity index (χ2n) is 1.17. The van der Waals surface area contributed by atoms with Gasteiger partial charge in [-0.3, -0.25) is 0 Å². The van der Waals surface area contributed by atoms with Crippen LogP contribution in [0.1, 0.15) is 0 Å². The van der Waals surface area contributed by atoms with Gasteiger partial charge in [-0.2, -0.15) is 11.3 Å². The molecule has 8 heavy (non-hydrogen) atoms. The van der Waals surface area contributed by atoms with Gasteiger partial charge in [0.25, 0.3) is 0 Å². The van der Waals surface area contributed by atoms with Gasteiger partial charge >= 0.3 is 0 Å². The van der Waals surface area contributed by atoms with Crippen LogP contribution in [-0.2, 0) is 0 Å². The predicted octanol–water partition coefficient (Wildman–Crippen LogP) is 2.69. The van der Waals surface area contributed by atoms with Gasteiger partial charge in [-0.25, -0.2) is 0 Å². The third-order valence-electron chi connectivity index (χ3n) is 0.666. The normalized spacial score (nSPS) is 8.00. The van der Waals surface area contributed by atoms with E-state index in [1.165, 1.54) is 11.3 Å². The Labute approximate surface area is 50.2 Å². The van der Waals surface area contributed by atoms with Crippen molar-refractivity contribution in [3.05, 3.63) is 27.3 Å². The van der Waals surface area contributed by atoms with Gasteiger partial charge in [-0.15, -0.1) is 0 Å². The molecule has 0 spiro atoms. The molecule has 0 N–H and O–H groups in total. The van der Waals surface area contributed by atoms with Crippen LogP contribution in [0.5, 0.6) is 0 Å². The molecule has 0 radical (unpaired) electrons. The molecule has 0 aromatic carbocycles. The first kappa shape index (κ1) is 5.15. The van der Waals surface area contributed by atoms with E-state index < -0.39 is 0 Å². The molecular weight excluding hydrogens is 122 g/mol. The van der Waals surface area contributed by atoms with Crippen molar-refractivity contribution < 1.29 is 0 Å². The molecule has 0 unspecified atom stereocenters. The Morgan fingerprint density at radius 2 is 2.62 bits per heavy atom. The molecule has 1 heterocycles. The standard InChI is InChI=1S/C4H3N3S/c5-7-6-4-1-2-8-3-4/h1-3H. The lowest BCUT2D eigenvalue weighted by Crippen LogP contribution is -1.39. The number of rotatable bonds is 1. The molecule has 0 fully saturated rings. The highest BCUT2D eigenvalue weighted by atomic mass is 32.1. The first-order chi connectivity index (χ1) is 3.93. The fourth-order valence-electron chi connectivity index (χ4n) is 0.366. The topological polar surface area (TPSA) is 48.8 Å². The van der Waals surface area contributed by atoms with Gasteiger partial charge < -0.3 is 0 Å². The van der Waals surface area contributed by atoms with Crippen LogP contribution in [0.15, 0.2) is 21.9 Å². The van der Waals surface area contributed by atoms with Gasteiger partial charge in [0, 0.05) is 16.0 Å². The van der Waals surface area contributed by atoms with Crippen LogP contribution in [0.2, 0.25) is 0 Å². The van der Waals surface area contributed by atoms with Crippen LogP contribution >= 0.6 is 11.3 Å². The van der Waals surface area contributed by atoms with Crippen molar-refractivity contribution in [2.24, 2.45) is 5.11 Å². The first-order valence-corrected chi connectivity index (χ1v) is 2.95. The molecule has 0 saturated heterocycles. The second-order valence-corrected chi connectivity index (χ2v) is 1.95. The van der Waals surface area contributed by atoms with Crippen LogP contribution in [0.3, 0.4) is 0 Å². The number of thiophene rings is 1. The van der Waals surface area contributed by atoms with Crippen molar-refractivity contribution >= 4 is 17.0 Å². The highest BCUT2D eigenvalue weighted by Gasteiger charge is 1.81. The minimum atomic E-state index is 0.692. The Balaban J connectivity index is 2.93. The summed E-state index contributed by atoms with van der Waals surface area (Å²) in [4.78, 5) is 2.61. The summed E-state index contributed by atoms with van der Waals surface area (Å²) in [6.45, 7) is 0. The van der Waals surface area contributed by atoms with E-state index in [9.17, 15) is 0 Å². The average Bonchev–Trinajstić information content (AvgIpc) is 2.19. The average molecular weight is 125 g/mol. The Hall–Kier alpha value is -0.990. The van der Waals surface area contributed by atoms with Crippen molar-refractivity contribution in [3.8, 4) is 0 Å². The van der Waals surface area contributed by atoms with Crippen molar-refractivity contribution in [2.45, 2.75) is 0 Å². The van der Waals surface area contributed by atoms with Crippen molar-refractivity contribution in [1.82, 2.24) is 0 Å². The molecule has 0 amide bonds. The monoisotopic (exact) mass is 125 g/mol. The second kappa shape index (κ2) is 2.35. The van der Waals surface area contributed by atoms with E-state index in [0.717, 1.165) is 0 Å². The summed E-state index contributed by atoms with van der Waals surface area (Å²) in [5.41, 5.74) is 8.59. The van der Waals surface area contributed by atoms with E-state index in [2.05, 4.69) is 10.0 Å². The molecule has 0 aliphatic carbocycles. The summed E-state index contributed by atoms with van der Waals surface area (Å²) < 4.78 is 0. The minimum Gasteiger partial charge on any atom is -0.152 e. The Kier molecular flexibility index (Phi) is 1.51. The van der Waals surface area contributed by atoms with Crippen LogP contribution in [0.25, 0.3) is 10.4 Å². The SMILES string of the molecule is [N-]=[N+]=Nc1ccsc1. The minimum absolute atomic E-state index is 0.692. The molecule has 0 atom stereocenters. The molecule has 40 valence electrons. The maximum Gasteiger partial charge on any atom is 0.0482 e. The number of nitrogens with zero attached hydrogens (tertiary/aromatic N) is 3. The predicted molar refractivity (Wildman–Crippen MR) is 33.1 cm³/mol. The maximum absolute atomic E-state index is 7.90. The van der Waals surface area contributed by atoms with Gasteiger partial charge in [-0.1, -0.05) is 5.11 Å². The van der Waals surface area contributed by atoms with Crippen molar-refractivity contribution in [1.29, 1.82) is 0 Å². The molecule has 1 aromatic rings. The zero-order valence-corrected chi connectivity index (χ0v) is 4.80. The molecule has 3 nitrogen and oxygen atoms in total. The van der Waals surface area contributed by atoms with Gasteiger partial charge in [0.05, 0.1) is 0 Å². The van der Waals surface area contributed by atoms with Gasteiger partial charge in [0.1, 0.15) is 0 Å². The van der Waals surface area contributed by atoms with Gasteiger partial charge in [0.2, 0.25) is 0 Å². The zero-order valence-electron chi connectivity index (χ0n) is 3.98. The molecule has 0 aliphatic heterocycles. The fraction of sp³-hybridized carbons (Fsp3) is 0.